The zero-order valence-corrected chi connectivity index (χ0v) is 11.4. The molecule has 0 amide bonds. The molecule has 3 aromatic rings. The first kappa shape index (κ1) is 12.4. The molecule has 1 N–H and O–H groups in total. The van der Waals surface area contributed by atoms with E-state index in [0.29, 0.717) is 5.69 Å². The molecule has 0 aliphatic carbocycles. The molecule has 0 atom stereocenters. The molecule has 20 heavy (non-hydrogen) atoms. The van der Waals surface area contributed by atoms with Gasteiger partial charge in [-0.3, -0.25) is 9.67 Å². The highest BCUT2D eigenvalue weighted by Gasteiger charge is 2.17. The summed E-state index contributed by atoms with van der Waals surface area (Å²) in [5, 5.41) is 14.6. The van der Waals surface area contributed by atoms with Gasteiger partial charge in [0.2, 0.25) is 0 Å². The van der Waals surface area contributed by atoms with E-state index < -0.39 is 0 Å². The van der Waals surface area contributed by atoms with Crippen LogP contribution in [0.4, 0.5) is 0 Å². The van der Waals surface area contributed by atoms with Crippen LogP contribution in [0.3, 0.4) is 0 Å². The standard InChI is InChI=1S/C16H15N3O/c1-11-16(20)15(18-19(11)2)13-8-4-3-7-12(13)14-9-5-6-10-17-14/h3-10,20H,1-2H3. The van der Waals surface area contributed by atoms with Crippen LogP contribution in [0, 0.1) is 6.92 Å². The summed E-state index contributed by atoms with van der Waals surface area (Å²) in [6, 6.07) is 13.6. The third-order valence-electron chi connectivity index (χ3n) is 3.43. The summed E-state index contributed by atoms with van der Waals surface area (Å²) in [7, 11) is 1.82. The Labute approximate surface area is 117 Å². The van der Waals surface area contributed by atoms with Gasteiger partial charge in [-0.25, -0.2) is 0 Å². The minimum absolute atomic E-state index is 0.218. The molecule has 0 fully saturated rings. The van der Waals surface area contributed by atoms with E-state index in [-0.39, 0.29) is 5.75 Å². The van der Waals surface area contributed by atoms with E-state index in [4.69, 9.17) is 0 Å². The average Bonchev–Trinajstić information content (AvgIpc) is 2.76. The van der Waals surface area contributed by atoms with Crippen LogP contribution in [0.2, 0.25) is 0 Å². The summed E-state index contributed by atoms with van der Waals surface area (Å²) in [5.74, 6) is 0.218. The number of rotatable bonds is 2. The number of aromatic hydroxyl groups is 1. The Morgan fingerprint density at radius 2 is 1.70 bits per heavy atom. The Bertz CT molecular complexity index is 748. The van der Waals surface area contributed by atoms with Crippen molar-refractivity contribution in [3.8, 4) is 28.3 Å². The first-order chi connectivity index (χ1) is 9.68. The number of nitrogens with zero attached hydrogens (tertiary/aromatic N) is 3. The van der Waals surface area contributed by atoms with Crippen LogP contribution in [0.25, 0.3) is 22.5 Å². The number of benzene rings is 1. The van der Waals surface area contributed by atoms with Crippen LogP contribution >= 0.6 is 0 Å². The van der Waals surface area contributed by atoms with Gasteiger partial charge in [0.15, 0.2) is 5.75 Å². The number of aryl methyl sites for hydroxylation is 1. The summed E-state index contributed by atoms with van der Waals surface area (Å²) >= 11 is 0. The van der Waals surface area contributed by atoms with Gasteiger partial charge in [0.05, 0.1) is 11.4 Å². The SMILES string of the molecule is Cc1c(O)c(-c2ccccc2-c2ccccn2)nn1C. The maximum absolute atomic E-state index is 10.2. The second-order valence-corrected chi connectivity index (χ2v) is 4.67. The lowest BCUT2D eigenvalue weighted by Gasteiger charge is -2.07. The molecule has 4 heteroatoms. The lowest BCUT2D eigenvalue weighted by molar-refractivity contribution is 0.471. The van der Waals surface area contributed by atoms with E-state index in [1.165, 1.54) is 0 Å². The van der Waals surface area contributed by atoms with Crippen LogP contribution in [-0.2, 0) is 7.05 Å². The molecule has 0 aliphatic heterocycles. The van der Waals surface area contributed by atoms with Crippen molar-refractivity contribution >= 4 is 0 Å². The number of pyridine rings is 1. The molecule has 0 bridgehead atoms. The van der Waals surface area contributed by atoms with Gasteiger partial charge in [0, 0.05) is 24.4 Å². The molecular formula is C16H15N3O. The lowest BCUT2D eigenvalue weighted by atomic mass is 10.0. The average molecular weight is 265 g/mol. The third-order valence-corrected chi connectivity index (χ3v) is 3.43. The topological polar surface area (TPSA) is 50.9 Å². The molecule has 2 heterocycles. The summed E-state index contributed by atoms with van der Waals surface area (Å²) in [4.78, 5) is 4.38. The minimum atomic E-state index is 0.218. The van der Waals surface area contributed by atoms with Crippen molar-refractivity contribution in [2.24, 2.45) is 7.05 Å². The normalized spacial score (nSPS) is 10.7. The van der Waals surface area contributed by atoms with Crippen LogP contribution in [-0.4, -0.2) is 19.9 Å². The molecule has 4 nitrogen and oxygen atoms in total. The second-order valence-electron chi connectivity index (χ2n) is 4.67. The van der Waals surface area contributed by atoms with Gasteiger partial charge >= 0.3 is 0 Å². The maximum atomic E-state index is 10.2. The van der Waals surface area contributed by atoms with Crippen molar-refractivity contribution in [1.82, 2.24) is 14.8 Å². The van der Waals surface area contributed by atoms with E-state index in [1.54, 1.807) is 10.9 Å². The Hall–Kier alpha value is -2.62. The zero-order valence-electron chi connectivity index (χ0n) is 11.4. The first-order valence-corrected chi connectivity index (χ1v) is 6.42. The van der Waals surface area contributed by atoms with Crippen LogP contribution < -0.4 is 0 Å². The molecule has 3 rings (SSSR count). The highest BCUT2D eigenvalue weighted by Crippen LogP contribution is 2.36. The number of hydrogen-bond acceptors (Lipinski definition) is 3. The van der Waals surface area contributed by atoms with Crippen molar-refractivity contribution in [3.63, 3.8) is 0 Å². The number of aromatic nitrogens is 3. The molecule has 0 aliphatic rings. The Balaban J connectivity index is 2.23. The Morgan fingerprint density at radius 3 is 2.30 bits per heavy atom. The highest BCUT2D eigenvalue weighted by atomic mass is 16.3. The van der Waals surface area contributed by atoms with Gasteiger partial charge < -0.3 is 5.11 Å². The second kappa shape index (κ2) is 4.81. The van der Waals surface area contributed by atoms with Gasteiger partial charge in [-0.15, -0.1) is 0 Å². The van der Waals surface area contributed by atoms with Gasteiger partial charge in [-0.2, -0.15) is 5.10 Å². The fraction of sp³-hybridized carbons (Fsp3) is 0.125. The molecule has 2 aromatic heterocycles. The minimum Gasteiger partial charge on any atom is -0.504 e. The molecule has 0 radical (unpaired) electrons. The first-order valence-electron chi connectivity index (χ1n) is 6.42. The quantitative estimate of drug-likeness (QED) is 0.774. The van der Waals surface area contributed by atoms with E-state index in [2.05, 4.69) is 10.1 Å². The molecule has 0 spiro atoms. The van der Waals surface area contributed by atoms with E-state index in [0.717, 1.165) is 22.5 Å². The smallest absolute Gasteiger partial charge is 0.164 e. The predicted octanol–water partition coefficient (Wildman–Crippen LogP) is 3.16. The van der Waals surface area contributed by atoms with Crippen molar-refractivity contribution in [3.05, 3.63) is 54.4 Å². The molecular weight excluding hydrogens is 250 g/mol. The van der Waals surface area contributed by atoms with Crippen LogP contribution in [0.5, 0.6) is 5.75 Å². The lowest BCUT2D eigenvalue weighted by Crippen LogP contribution is -1.93. The summed E-state index contributed by atoms with van der Waals surface area (Å²) in [6.07, 6.45) is 1.76. The molecule has 0 saturated heterocycles. The van der Waals surface area contributed by atoms with E-state index in [1.807, 2.05) is 56.4 Å². The van der Waals surface area contributed by atoms with Gasteiger partial charge in [-0.05, 0) is 19.1 Å². The van der Waals surface area contributed by atoms with Gasteiger partial charge in [0.25, 0.3) is 0 Å². The molecule has 0 saturated carbocycles. The highest BCUT2D eigenvalue weighted by molar-refractivity contribution is 5.82. The van der Waals surface area contributed by atoms with Crippen LogP contribution in [0.15, 0.2) is 48.7 Å². The largest absolute Gasteiger partial charge is 0.504 e. The van der Waals surface area contributed by atoms with Crippen molar-refractivity contribution < 1.29 is 5.11 Å². The van der Waals surface area contributed by atoms with Gasteiger partial charge in [0.1, 0.15) is 5.69 Å². The van der Waals surface area contributed by atoms with Crippen molar-refractivity contribution in [2.45, 2.75) is 6.92 Å². The zero-order chi connectivity index (χ0) is 14.1. The number of hydrogen-bond donors (Lipinski definition) is 1. The summed E-state index contributed by atoms with van der Waals surface area (Å²) in [6.45, 7) is 1.84. The summed E-state index contributed by atoms with van der Waals surface area (Å²) in [5.41, 5.74) is 4.04. The molecule has 0 unspecified atom stereocenters. The predicted molar refractivity (Wildman–Crippen MR) is 78.3 cm³/mol. The molecule has 1 aromatic carbocycles. The molecule has 100 valence electrons. The summed E-state index contributed by atoms with van der Waals surface area (Å²) < 4.78 is 1.68. The monoisotopic (exact) mass is 265 g/mol. The van der Waals surface area contributed by atoms with Crippen molar-refractivity contribution in [2.75, 3.05) is 0 Å². The Morgan fingerprint density at radius 1 is 1.00 bits per heavy atom. The van der Waals surface area contributed by atoms with Crippen molar-refractivity contribution in [1.29, 1.82) is 0 Å². The van der Waals surface area contributed by atoms with E-state index in [9.17, 15) is 5.11 Å². The third kappa shape index (κ3) is 1.95. The fourth-order valence-corrected chi connectivity index (χ4v) is 2.21. The Kier molecular flexibility index (Phi) is 2.99. The fourth-order valence-electron chi connectivity index (χ4n) is 2.21. The van der Waals surface area contributed by atoms with E-state index >= 15 is 0 Å². The van der Waals surface area contributed by atoms with Crippen LogP contribution in [0.1, 0.15) is 5.69 Å². The van der Waals surface area contributed by atoms with Gasteiger partial charge in [-0.1, -0.05) is 30.3 Å². The maximum Gasteiger partial charge on any atom is 0.164 e.